The second kappa shape index (κ2) is 4.62. The molecule has 3 atom stereocenters. The molecular weight excluding hydrogens is 246 g/mol. The van der Waals surface area contributed by atoms with Crippen molar-refractivity contribution in [1.29, 1.82) is 0 Å². The first-order valence-corrected chi connectivity index (χ1v) is 7.14. The van der Waals surface area contributed by atoms with Gasteiger partial charge >= 0.3 is 5.97 Å². The van der Waals surface area contributed by atoms with Crippen molar-refractivity contribution in [1.82, 2.24) is 4.90 Å². The number of carboxylic acid groups (broad SMARTS) is 1. The highest BCUT2D eigenvalue weighted by molar-refractivity contribution is 5.86. The Kier molecular flexibility index (Phi) is 3.07. The highest BCUT2D eigenvalue weighted by Gasteiger charge is 2.52. The molecule has 19 heavy (non-hydrogen) atoms. The van der Waals surface area contributed by atoms with Gasteiger partial charge in [0.15, 0.2) is 0 Å². The van der Waals surface area contributed by atoms with Crippen LogP contribution in [0, 0.1) is 11.8 Å². The molecule has 5 heteroatoms. The quantitative estimate of drug-likeness (QED) is 0.814. The molecule has 3 rings (SSSR count). The first-order valence-electron chi connectivity index (χ1n) is 7.14. The molecule has 0 spiro atoms. The molecule has 5 nitrogen and oxygen atoms in total. The van der Waals surface area contributed by atoms with E-state index in [4.69, 9.17) is 0 Å². The average molecular weight is 265 g/mol. The van der Waals surface area contributed by atoms with Crippen LogP contribution in [0.4, 0.5) is 0 Å². The van der Waals surface area contributed by atoms with Crippen LogP contribution in [-0.4, -0.2) is 39.7 Å². The number of carboxylic acids is 1. The van der Waals surface area contributed by atoms with E-state index in [0.717, 1.165) is 12.8 Å². The van der Waals surface area contributed by atoms with Gasteiger partial charge in [0.25, 0.3) is 0 Å². The molecule has 1 N–H and O–H groups in total. The first kappa shape index (κ1) is 12.6. The zero-order chi connectivity index (χ0) is 13.6. The van der Waals surface area contributed by atoms with E-state index in [9.17, 15) is 19.5 Å². The molecule has 3 fully saturated rings. The van der Waals surface area contributed by atoms with Gasteiger partial charge in [-0.2, -0.15) is 0 Å². The van der Waals surface area contributed by atoms with Gasteiger partial charge in [0.05, 0.1) is 5.92 Å². The minimum atomic E-state index is -0.774. The molecule has 2 bridgehead atoms. The van der Waals surface area contributed by atoms with Gasteiger partial charge < -0.3 is 10.0 Å². The number of carbonyl (C=O) groups excluding carboxylic acids is 2. The van der Waals surface area contributed by atoms with E-state index in [1.54, 1.807) is 0 Å². The van der Waals surface area contributed by atoms with E-state index >= 15 is 0 Å². The number of amides is 1. The lowest BCUT2D eigenvalue weighted by molar-refractivity contribution is -0.143. The van der Waals surface area contributed by atoms with Crippen LogP contribution in [0.2, 0.25) is 0 Å². The summed E-state index contributed by atoms with van der Waals surface area (Å²) in [6.07, 6.45) is 4.66. The topological polar surface area (TPSA) is 74.7 Å². The number of ketones is 1. The number of hydrogen-bond acceptors (Lipinski definition) is 3. The number of hydrogen-bond donors (Lipinski definition) is 1. The number of fused-ring (bicyclic) bond motifs is 2. The van der Waals surface area contributed by atoms with Gasteiger partial charge in [-0.15, -0.1) is 0 Å². The monoisotopic (exact) mass is 265 g/mol. The lowest BCUT2D eigenvalue weighted by Gasteiger charge is -2.29. The lowest BCUT2D eigenvalue weighted by Crippen LogP contribution is -2.42. The van der Waals surface area contributed by atoms with Gasteiger partial charge in [0.2, 0.25) is 5.91 Å². The molecule has 0 unspecified atom stereocenters. The van der Waals surface area contributed by atoms with E-state index in [2.05, 4.69) is 0 Å². The van der Waals surface area contributed by atoms with Gasteiger partial charge in [-0.1, -0.05) is 0 Å². The van der Waals surface area contributed by atoms with Crippen molar-refractivity contribution in [3.63, 3.8) is 0 Å². The summed E-state index contributed by atoms with van der Waals surface area (Å²) in [5, 5.41) is 9.20. The van der Waals surface area contributed by atoms with E-state index in [1.807, 2.05) is 4.90 Å². The molecule has 0 aromatic rings. The molecule has 1 amide bonds. The SMILES string of the molecule is O=C1CCC(C(=O)N2[C@@H]3CC[C@H]2[C@H](C(=O)O)C3)CC1. The molecule has 1 saturated carbocycles. The summed E-state index contributed by atoms with van der Waals surface area (Å²) in [5.74, 6) is -0.870. The number of aliphatic carboxylic acids is 1. The average Bonchev–Trinajstić information content (AvgIpc) is 2.96. The molecule has 2 heterocycles. The van der Waals surface area contributed by atoms with Gasteiger partial charge in [0, 0.05) is 30.8 Å². The Bertz CT molecular complexity index is 423. The van der Waals surface area contributed by atoms with Crippen LogP contribution >= 0.6 is 0 Å². The van der Waals surface area contributed by atoms with Crippen LogP contribution in [0.15, 0.2) is 0 Å². The summed E-state index contributed by atoms with van der Waals surface area (Å²) in [6.45, 7) is 0. The zero-order valence-electron chi connectivity index (χ0n) is 10.9. The normalized spacial score (nSPS) is 34.8. The van der Waals surface area contributed by atoms with Crippen molar-refractivity contribution < 1.29 is 19.5 Å². The Morgan fingerprint density at radius 1 is 1.11 bits per heavy atom. The maximum absolute atomic E-state index is 12.6. The van der Waals surface area contributed by atoms with Crippen molar-refractivity contribution in [2.75, 3.05) is 0 Å². The minimum absolute atomic E-state index is 0.0617. The third-order valence-corrected chi connectivity index (χ3v) is 5.00. The van der Waals surface area contributed by atoms with Crippen LogP contribution in [0.3, 0.4) is 0 Å². The lowest BCUT2D eigenvalue weighted by atomic mass is 9.87. The molecule has 104 valence electrons. The van der Waals surface area contributed by atoms with E-state index in [1.165, 1.54) is 0 Å². The van der Waals surface area contributed by atoms with Crippen LogP contribution < -0.4 is 0 Å². The van der Waals surface area contributed by atoms with Crippen LogP contribution in [0.25, 0.3) is 0 Å². The van der Waals surface area contributed by atoms with Crippen LogP contribution in [0.5, 0.6) is 0 Å². The molecule has 0 aromatic carbocycles. The standard InChI is InChI=1S/C14H19NO4/c16-10-4-1-8(2-5-10)13(17)15-9-3-6-12(15)11(7-9)14(18)19/h8-9,11-12H,1-7H2,(H,18,19)/t9-,11-,12+/m1/s1. The second-order valence-corrected chi connectivity index (χ2v) is 6.04. The third kappa shape index (κ3) is 2.05. The van der Waals surface area contributed by atoms with Crippen LogP contribution in [0.1, 0.15) is 44.9 Å². The Labute approximate surface area is 112 Å². The van der Waals surface area contributed by atoms with Crippen molar-refractivity contribution >= 4 is 17.7 Å². The van der Waals surface area contributed by atoms with E-state index in [-0.39, 0.29) is 35.6 Å². The molecule has 1 aliphatic carbocycles. The Morgan fingerprint density at radius 2 is 1.79 bits per heavy atom. The number of rotatable bonds is 2. The molecular formula is C14H19NO4. The highest BCUT2D eigenvalue weighted by atomic mass is 16.4. The van der Waals surface area contributed by atoms with E-state index in [0.29, 0.717) is 32.1 Å². The minimum Gasteiger partial charge on any atom is -0.481 e. The summed E-state index contributed by atoms with van der Waals surface area (Å²) < 4.78 is 0. The smallest absolute Gasteiger partial charge is 0.308 e. The van der Waals surface area contributed by atoms with E-state index < -0.39 is 5.97 Å². The van der Waals surface area contributed by atoms with Crippen molar-refractivity contribution in [2.45, 2.75) is 57.0 Å². The summed E-state index contributed by atoms with van der Waals surface area (Å²) in [5.41, 5.74) is 0. The van der Waals surface area contributed by atoms with Crippen LogP contribution in [-0.2, 0) is 14.4 Å². The van der Waals surface area contributed by atoms with Gasteiger partial charge in [0.1, 0.15) is 5.78 Å². The Hall–Kier alpha value is -1.39. The molecule has 2 aliphatic heterocycles. The fraction of sp³-hybridized carbons (Fsp3) is 0.786. The highest BCUT2D eigenvalue weighted by Crippen LogP contribution is 2.43. The second-order valence-electron chi connectivity index (χ2n) is 6.04. The van der Waals surface area contributed by atoms with Crippen molar-refractivity contribution in [2.24, 2.45) is 11.8 Å². The Morgan fingerprint density at radius 3 is 2.37 bits per heavy atom. The summed E-state index contributed by atoms with van der Waals surface area (Å²) in [6, 6.07) is 0.0175. The predicted octanol–water partition coefficient (Wildman–Crippen LogP) is 1.21. The maximum Gasteiger partial charge on any atom is 0.308 e. The fourth-order valence-corrected chi connectivity index (χ4v) is 4.00. The molecule has 3 aliphatic rings. The Balaban J connectivity index is 1.71. The summed E-state index contributed by atoms with van der Waals surface area (Å²) >= 11 is 0. The fourth-order valence-electron chi connectivity index (χ4n) is 4.00. The first-order chi connectivity index (χ1) is 9.08. The summed E-state index contributed by atoms with van der Waals surface area (Å²) in [7, 11) is 0. The number of nitrogens with zero attached hydrogens (tertiary/aromatic N) is 1. The van der Waals surface area contributed by atoms with Gasteiger partial charge in [-0.25, -0.2) is 0 Å². The number of carbonyl (C=O) groups is 3. The summed E-state index contributed by atoms with van der Waals surface area (Å²) in [4.78, 5) is 36.8. The number of Topliss-reactive ketones (excluding diaryl/α,β-unsaturated/α-hetero) is 1. The zero-order valence-corrected chi connectivity index (χ0v) is 10.9. The van der Waals surface area contributed by atoms with Crippen molar-refractivity contribution in [3.05, 3.63) is 0 Å². The third-order valence-electron chi connectivity index (χ3n) is 5.00. The maximum atomic E-state index is 12.6. The van der Waals surface area contributed by atoms with Crippen molar-refractivity contribution in [3.8, 4) is 0 Å². The van der Waals surface area contributed by atoms with Gasteiger partial charge in [-0.05, 0) is 32.1 Å². The molecule has 0 radical (unpaired) electrons. The molecule has 0 aromatic heterocycles. The predicted molar refractivity (Wildman–Crippen MR) is 66.4 cm³/mol. The largest absolute Gasteiger partial charge is 0.481 e. The van der Waals surface area contributed by atoms with Gasteiger partial charge in [-0.3, -0.25) is 14.4 Å². The molecule has 2 saturated heterocycles.